The number of benzene rings is 2. The number of carbonyl (C=O) groups excluding carboxylic acids is 1. The summed E-state index contributed by atoms with van der Waals surface area (Å²) in [7, 11) is 0. The Balaban J connectivity index is 2.28. The molecule has 2 aromatic rings. The lowest BCUT2D eigenvalue weighted by molar-refractivity contribution is 0.0472. The van der Waals surface area contributed by atoms with Crippen molar-refractivity contribution in [3.8, 4) is 11.5 Å². The lowest BCUT2D eigenvalue weighted by atomic mass is 9.83. The number of hydrogen-bond acceptors (Lipinski definition) is 4. The molecule has 2 rings (SSSR count). The second kappa shape index (κ2) is 8.95. The van der Waals surface area contributed by atoms with Crippen molar-refractivity contribution in [1.82, 2.24) is 0 Å². The van der Waals surface area contributed by atoms with Crippen molar-refractivity contribution in [2.24, 2.45) is 0 Å². The second-order valence-corrected chi connectivity index (χ2v) is 9.21. The average molecular weight is 482 g/mol. The van der Waals surface area contributed by atoms with E-state index in [0.717, 1.165) is 29.5 Å². The molecule has 4 nitrogen and oxygen atoms in total. The Labute approximate surface area is 174 Å². The number of ether oxygens (including phenoxy) is 1. The first kappa shape index (κ1) is 21.5. The summed E-state index contributed by atoms with van der Waals surface area (Å²) >= 11 is 2.36. The highest BCUT2D eigenvalue weighted by atomic mass is 127. The van der Waals surface area contributed by atoms with Gasteiger partial charge in [-0.25, -0.2) is 4.79 Å². The number of hydrogen-bond donors (Lipinski definition) is 2. The predicted molar refractivity (Wildman–Crippen MR) is 116 cm³/mol. The van der Waals surface area contributed by atoms with Crippen LogP contribution in [0.3, 0.4) is 0 Å². The fraction of sp³-hybridized carbons (Fsp3) is 0.409. The van der Waals surface area contributed by atoms with Crippen LogP contribution < -0.4 is 0 Å². The fourth-order valence-corrected chi connectivity index (χ4v) is 3.95. The molecule has 2 aromatic carbocycles. The summed E-state index contributed by atoms with van der Waals surface area (Å²) in [6.45, 7) is 8.42. The summed E-state index contributed by atoms with van der Waals surface area (Å²) in [5.41, 5.74) is 2.77. The molecule has 1 atom stereocenters. The Hall–Kier alpha value is -1.76. The number of halogens is 1. The van der Waals surface area contributed by atoms with Gasteiger partial charge in [-0.3, -0.25) is 0 Å². The molecule has 5 heteroatoms. The van der Waals surface area contributed by atoms with Crippen LogP contribution in [0.2, 0.25) is 0 Å². The molecule has 2 N–H and O–H groups in total. The Morgan fingerprint density at radius 2 is 1.78 bits per heavy atom. The van der Waals surface area contributed by atoms with E-state index in [0.29, 0.717) is 11.3 Å². The van der Waals surface area contributed by atoms with Crippen molar-refractivity contribution in [1.29, 1.82) is 0 Å². The zero-order valence-corrected chi connectivity index (χ0v) is 18.4. The van der Waals surface area contributed by atoms with Gasteiger partial charge in [-0.15, -0.1) is 0 Å². The van der Waals surface area contributed by atoms with Gasteiger partial charge in [0.15, 0.2) is 0 Å². The third-order valence-corrected chi connectivity index (χ3v) is 5.65. The Bertz CT molecular complexity index is 791. The molecule has 0 fully saturated rings. The van der Waals surface area contributed by atoms with Crippen LogP contribution in [0.1, 0.15) is 71.5 Å². The highest BCUT2D eigenvalue weighted by Crippen LogP contribution is 2.41. The first-order valence-corrected chi connectivity index (χ1v) is 10.3. The lowest BCUT2D eigenvalue weighted by Crippen LogP contribution is -2.14. The van der Waals surface area contributed by atoms with E-state index in [-0.39, 0.29) is 21.7 Å². The van der Waals surface area contributed by atoms with E-state index in [2.05, 4.69) is 50.3 Å². The van der Waals surface area contributed by atoms with Crippen LogP contribution in [0.5, 0.6) is 11.5 Å². The van der Waals surface area contributed by atoms with Crippen molar-refractivity contribution >= 4 is 28.6 Å². The molecule has 0 aliphatic heterocycles. The lowest BCUT2D eigenvalue weighted by Gasteiger charge is -2.25. The molecule has 0 heterocycles. The van der Waals surface area contributed by atoms with E-state index < -0.39 is 5.97 Å². The smallest absolute Gasteiger partial charge is 0.338 e. The maximum Gasteiger partial charge on any atom is 0.338 e. The van der Waals surface area contributed by atoms with Crippen LogP contribution in [0.4, 0.5) is 0 Å². The first-order chi connectivity index (χ1) is 12.6. The molecule has 146 valence electrons. The van der Waals surface area contributed by atoms with Crippen LogP contribution >= 0.6 is 22.6 Å². The molecule has 0 aliphatic carbocycles. The maximum absolute atomic E-state index is 12.2. The molecular weight excluding hydrogens is 455 g/mol. The number of phenols is 2. The van der Waals surface area contributed by atoms with Gasteiger partial charge in [-0.05, 0) is 59.4 Å². The van der Waals surface area contributed by atoms with Gasteiger partial charge in [-0.2, -0.15) is 0 Å². The van der Waals surface area contributed by atoms with E-state index in [1.165, 1.54) is 24.3 Å². The van der Waals surface area contributed by atoms with Gasteiger partial charge >= 0.3 is 5.97 Å². The van der Waals surface area contributed by atoms with Gasteiger partial charge in [0.25, 0.3) is 0 Å². The van der Waals surface area contributed by atoms with Gasteiger partial charge in [0.05, 0.1) is 5.56 Å². The summed E-state index contributed by atoms with van der Waals surface area (Å²) in [6.07, 6.45) is 1.99. The Kier molecular flexibility index (Phi) is 7.14. The molecule has 0 saturated carbocycles. The molecule has 0 radical (unpaired) electrons. The molecular formula is C22H27IO4. The van der Waals surface area contributed by atoms with E-state index in [4.69, 9.17) is 4.74 Å². The van der Waals surface area contributed by atoms with Crippen molar-refractivity contribution in [3.63, 3.8) is 0 Å². The average Bonchev–Trinajstić information content (AvgIpc) is 2.60. The van der Waals surface area contributed by atoms with Gasteiger partial charge in [0.2, 0.25) is 0 Å². The van der Waals surface area contributed by atoms with Gasteiger partial charge in [0, 0.05) is 9.49 Å². The maximum atomic E-state index is 12.2. The number of esters is 1. The van der Waals surface area contributed by atoms with Crippen LogP contribution in [0, 0.1) is 0 Å². The molecule has 0 aliphatic rings. The zero-order chi connectivity index (χ0) is 20.2. The van der Waals surface area contributed by atoms with Crippen LogP contribution in [0.15, 0.2) is 36.4 Å². The highest BCUT2D eigenvalue weighted by Gasteiger charge is 2.24. The van der Waals surface area contributed by atoms with Gasteiger partial charge < -0.3 is 14.9 Å². The zero-order valence-electron chi connectivity index (χ0n) is 16.3. The molecule has 0 aromatic heterocycles. The number of carbonyl (C=O) groups is 1. The topological polar surface area (TPSA) is 66.8 Å². The third-order valence-electron chi connectivity index (χ3n) is 4.36. The molecule has 27 heavy (non-hydrogen) atoms. The minimum absolute atomic E-state index is 0.105. The number of phenolic OH excluding ortho intramolecular Hbond substituents is 2. The summed E-state index contributed by atoms with van der Waals surface area (Å²) in [5, 5.41) is 20.1. The third kappa shape index (κ3) is 5.61. The normalized spacial score (nSPS) is 12.6. The van der Waals surface area contributed by atoms with E-state index >= 15 is 0 Å². The summed E-state index contributed by atoms with van der Waals surface area (Å²) in [4.78, 5) is 12.2. The highest BCUT2D eigenvalue weighted by molar-refractivity contribution is 14.1. The van der Waals surface area contributed by atoms with E-state index in [1.54, 1.807) is 0 Å². The molecule has 0 amide bonds. The molecule has 0 saturated heterocycles. The molecule has 0 spiro atoms. The molecule has 1 unspecified atom stereocenters. The largest absolute Gasteiger partial charge is 0.508 e. The predicted octanol–water partition coefficient (Wildman–Crippen LogP) is 6.03. The van der Waals surface area contributed by atoms with Gasteiger partial charge in [0.1, 0.15) is 18.1 Å². The van der Waals surface area contributed by atoms with Gasteiger partial charge in [-0.1, -0.05) is 56.7 Å². The minimum Gasteiger partial charge on any atom is -0.508 e. The Morgan fingerprint density at radius 1 is 1.15 bits per heavy atom. The fourth-order valence-electron chi connectivity index (χ4n) is 2.85. The van der Waals surface area contributed by atoms with Crippen LogP contribution in [-0.4, -0.2) is 16.2 Å². The minimum atomic E-state index is -0.443. The van der Waals surface area contributed by atoms with Crippen LogP contribution in [0.25, 0.3) is 0 Å². The van der Waals surface area contributed by atoms with E-state index in [1.807, 2.05) is 12.1 Å². The summed E-state index contributed by atoms with van der Waals surface area (Å²) in [6, 6.07) is 9.82. The first-order valence-electron chi connectivity index (χ1n) is 9.10. The van der Waals surface area contributed by atoms with Crippen molar-refractivity contribution < 1.29 is 19.7 Å². The monoisotopic (exact) mass is 482 g/mol. The standard InChI is InChI=1S/C22H27IO4/c1-5-6-19(23)17-11-14(12-18(20(17)25)22(2,3)4)13-27-21(26)15-7-9-16(24)10-8-15/h7-12,19,24-25H,5-6,13H2,1-4H3. The second-order valence-electron chi connectivity index (χ2n) is 7.71. The number of aromatic hydroxyl groups is 2. The van der Waals surface area contributed by atoms with Crippen molar-refractivity contribution in [2.45, 2.75) is 56.5 Å². The Morgan fingerprint density at radius 3 is 2.33 bits per heavy atom. The van der Waals surface area contributed by atoms with Crippen LogP contribution in [-0.2, 0) is 16.8 Å². The summed E-state index contributed by atoms with van der Waals surface area (Å²) < 4.78 is 5.65. The van der Waals surface area contributed by atoms with Crippen molar-refractivity contribution in [3.05, 3.63) is 58.7 Å². The molecule has 0 bridgehead atoms. The SMILES string of the molecule is CCCC(I)c1cc(COC(=O)c2ccc(O)cc2)cc(C(C)(C)C)c1O. The van der Waals surface area contributed by atoms with Crippen molar-refractivity contribution in [2.75, 3.05) is 0 Å². The number of alkyl halides is 1. The quantitative estimate of drug-likeness (QED) is 0.300. The number of rotatable bonds is 6. The van der Waals surface area contributed by atoms with E-state index in [9.17, 15) is 15.0 Å². The summed E-state index contributed by atoms with van der Waals surface area (Å²) in [5.74, 6) is -0.000895.